The Morgan fingerprint density at radius 2 is 2.28 bits per heavy atom. The van der Waals surface area contributed by atoms with Gasteiger partial charge < -0.3 is 10.4 Å². The van der Waals surface area contributed by atoms with Crippen LogP contribution in [-0.4, -0.2) is 23.0 Å². The second kappa shape index (κ2) is 5.52. The van der Waals surface area contributed by atoms with Crippen LogP contribution in [0.1, 0.15) is 37.7 Å². The molecule has 4 nitrogen and oxygen atoms in total. The number of hydrogen-bond acceptors (Lipinski definition) is 3. The van der Waals surface area contributed by atoms with E-state index in [-0.39, 0.29) is 17.9 Å². The lowest BCUT2D eigenvalue weighted by Crippen LogP contribution is -2.41. The molecule has 0 spiro atoms. The molecule has 0 aromatic carbocycles. The van der Waals surface area contributed by atoms with E-state index in [2.05, 4.69) is 5.32 Å². The number of carboxylic acid groups (broad SMARTS) is 1. The van der Waals surface area contributed by atoms with Crippen LogP contribution >= 0.6 is 11.3 Å². The molecular weight excluding hydrogens is 250 g/mol. The van der Waals surface area contributed by atoms with E-state index in [4.69, 9.17) is 5.11 Å². The highest BCUT2D eigenvalue weighted by atomic mass is 32.1. The van der Waals surface area contributed by atoms with Crippen LogP contribution in [0, 0.1) is 5.92 Å². The Labute approximate surface area is 110 Å². The van der Waals surface area contributed by atoms with E-state index in [1.807, 2.05) is 23.8 Å². The van der Waals surface area contributed by atoms with E-state index in [0.717, 1.165) is 18.4 Å². The van der Waals surface area contributed by atoms with Gasteiger partial charge in [0, 0.05) is 6.04 Å². The molecule has 1 aromatic heterocycles. The molecule has 1 heterocycles. The van der Waals surface area contributed by atoms with Crippen molar-refractivity contribution in [1.29, 1.82) is 0 Å². The Kier molecular flexibility index (Phi) is 4.01. The third kappa shape index (κ3) is 2.72. The van der Waals surface area contributed by atoms with Crippen molar-refractivity contribution >= 4 is 23.2 Å². The molecule has 0 radical (unpaired) electrons. The molecule has 98 valence electrons. The third-order valence-corrected chi connectivity index (χ3v) is 4.30. The first-order valence-corrected chi connectivity index (χ1v) is 7.09. The molecule has 3 atom stereocenters. The highest BCUT2D eigenvalue weighted by molar-refractivity contribution is 7.08. The van der Waals surface area contributed by atoms with Gasteiger partial charge in [0.05, 0.1) is 11.8 Å². The highest BCUT2D eigenvalue weighted by Gasteiger charge is 2.34. The average Bonchev–Trinajstić information content (AvgIpc) is 2.98. The number of carbonyl (C=O) groups excluding carboxylic acids is 1. The number of nitrogens with one attached hydrogen (secondary N) is 1. The van der Waals surface area contributed by atoms with Crippen molar-refractivity contribution in [1.82, 2.24) is 5.32 Å². The van der Waals surface area contributed by atoms with Gasteiger partial charge in [0.2, 0.25) is 5.91 Å². The molecule has 0 aliphatic heterocycles. The van der Waals surface area contributed by atoms with E-state index < -0.39 is 11.9 Å². The summed E-state index contributed by atoms with van der Waals surface area (Å²) in [4.78, 5) is 23.1. The normalized spacial score (nSPS) is 24.7. The molecule has 1 aromatic rings. The highest BCUT2D eigenvalue weighted by Crippen LogP contribution is 2.27. The summed E-state index contributed by atoms with van der Waals surface area (Å²) in [5.74, 6) is -1.53. The first-order valence-electron chi connectivity index (χ1n) is 6.15. The first-order chi connectivity index (χ1) is 8.59. The monoisotopic (exact) mass is 267 g/mol. The van der Waals surface area contributed by atoms with Crippen LogP contribution in [0.25, 0.3) is 0 Å². The van der Waals surface area contributed by atoms with Gasteiger partial charge in [-0.1, -0.05) is 6.42 Å². The Morgan fingerprint density at radius 1 is 1.50 bits per heavy atom. The molecule has 1 amide bonds. The SMILES string of the molecule is CC(C(=O)N[C@@H]1CCC[C@@H]1C(=O)O)c1ccsc1. The van der Waals surface area contributed by atoms with Gasteiger partial charge in [-0.05, 0) is 42.2 Å². The van der Waals surface area contributed by atoms with Crippen LogP contribution in [0.5, 0.6) is 0 Å². The smallest absolute Gasteiger partial charge is 0.308 e. The van der Waals surface area contributed by atoms with Crippen molar-refractivity contribution in [3.05, 3.63) is 22.4 Å². The van der Waals surface area contributed by atoms with Crippen molar-refractivity contribution in [2.75, 3.05) is 0 Å². The minimum Gasteiger partial charge on any atom is -0.481 e. The summed E-state index contributed by atoms with van der Waals surface area (Å²) in [6.45, 7) is 1.85. The summed E-state index contributed by atoms with van der Waals surface area (Å²) in [5, 5.41) is 15.8. The van der Waals surface area contributed by atoms with Crippen molar-refractivity contribution in [3.63, 3.8) is 0 Å². The van der Waals surface area contributed by atoms with Gasteiger partial charge in [0.15, 0.2) is 0 Å². The van der Waals surface area contributed by atoms with Crippen LogP contribution in [0.3, 0.4) is 0 Å². The molecule has 2 N–H and O–H groups in total. The Bertz CT molecular complexity index is 429. The lowest BCUT2D eigenvalue weighted by Gasteiger charge is -2.20. The van der Waals surface area contributed by atoms with Gasteiger partial charge in [-0.2, -0.15) is 11.3 Å². The lowest BCUT2D eigenvalue weighted by atomic mass is 10.0. The Balaban J connectivity index is 1.97. The molecule has 1 fully saturated rings. The van der Waals surface area contributed by atoms with Crippen molar-refractivity contribution in [2.45, 2.75) is 38.1 Å². The third-order valence-electron chi connectivity index (χ3n) is 3.60. The predicted octanol–water partition coefficient (Wildman–Crippen LogP) is 2.22. The lowest BCUT2D eigenvalue weighted by molar-refractivity contribution is -0.142. The zero-order valence-corrected chi connectivity index (χ0v) is 11.1. The van der Waals surface area contributed by atoms with Crippen molar-refractivity contribution < 1.29 is 14.7 Å². The second-order valence-electron chi connectivity index (χ2n) is 4.77. The van der Waals surface area contributed by atoms with Crippen molar-refractivity contribution in [2.24, 2.45) is 5.92 Å². The summed E-state index contributed by atoms with van der Waals surface area (Å²) < 4.78 is 0. The zero-order chi connectivity index (χ0) is 13.1. The summed E-state index contributed by atoms with van der Waals surface area (Å²) in [5.41, 5.74) is 0.988. The van der Waals surface area contributed by atoms with Crippen LogP contribution in [0.4, 0.5) is 0 Å². The van der Waals surface area contributed by atoms with E-state index in [1.165, 1.54) is 0 Å². The Hall–Kier alpha value is -1.36. The molecule has 1 unspecified atom stereocenters. The number of hydrogen-bond donors (Lipinski definition) is 2. The van der Waals surface area contributed by atoms with Crippen molar-refractivity contribution in [3.8, 4) is 0 Å². The number of carboxylic acids is 1. The molecule has 2 rings (SSSR count). The van der Waals surface area contributed by atoms with Gasteiger partial charge in [-0.25, -0.2) is 0 Å². The number of thiophene rings is 1. The largest absolute Gasteiger partial charge is 0.481 e. The summed E-state index contributed by atoms with van der Waals surface area (Å²) in [6.07, 6.45) is 2.29. The van der Waals surface area contributed by atoms with E-state index in [0.29, 0.717) is 6.42 Å². The minimum atomic E-state index is -0.805. The summed E-state index contributed by atoms with van der Waals surface area (Å²) >= 11 is 1.56. The summed E-state index contributed by atoms with van der Waals surface area (Å²) in [6, 6.07) is 1.72. The Morgan fingerprint density at radius 3 is 2.89 bits per heavy atom. The zero-order valence-electron chi connectivity index (χ0n) is 10.3. The molecule has 1 saturated carbocycles. The quantitative estimate of drug-likeness (QED) is 0.879. The number of amides is 1. The van der Waals surface area contributed by atoms with Gasteiger partial charge in [0.1, 0.15) is 0 Å². The van der Waals surface area contributed by atoms with Crippen LogP contribution < -0.4 is 5.32 Å². The number of carbonyl (C=O) groups is 2. The fourth-order valence-electron chi connectivity index (χ4n) is 2.41. The standard InChI is InChI=1S/C13H17NO3S/c1-8(9-5-6-18-7-9)12(15)14-11-4-2-3-10(11)13(16)17/h5-8,10-11H,2-4H2,1H3,(H,14,15)(H,16,17)/t8?,10-,11+/m0/s1. The van der Waals surface area contributed by atoms with E-state index >= 15 is 0 Å². The molecule has 1 aliphatic carbocycles. The van der Waals surface area contributed by atoms with E-state index in [9.17, 15) is 9.59 Å². The molecule has 1 aliphatic rings. The van der Waals surface area contributed by atoms with Crippen LogP contribution in [0.15, 0.2) is 16.8 Å². The maximum absolute atomic E-state index is 12.1. The van der Waals surface area contributed by atoms with Gasteiger partial charge in [0.25, 0.3) is 0 Å². The molecular formula is C13H17NO3S. The maximum atomic E-state index is 12.1. The van der Waals surface area contributed by atoms with Crippen LogP contribution in [-0.2, 0) is 9.59 Å². The average molecular weight is 267 g/mol. The topological polar surface area (TPSA) is 66.4 Å². The predicted molar refractivity (Wildman–Crippen MR) is 69.6 cm³/mol. The van der Waals surface area contributed by atoms with Gasteiger partial charge in [-0.3, -0.25) is 9.59 Å². The second-order valence-corrected chi connectivity index (χ2v) is 5.55. The minimum absolute atomic E-state index is 0.0773. The van der Waals surface area contributed by atoms with Crippen LogP contribution in [0.2, 0.25) is 0 Å². The molecule has 0 bridgehead atoms. The maximum Gasteiger partial charge on any atom is 0.308 e. The first kappa shape index (κ1) is 13.1. The molecule has 18 heavy (non-hydrogen) atoms. The summed E-state index contributed by atoms with van der Waals surface area (Å²) in [7, 11) is 0. The molecule has 5 heteroatoms. The molecule has 0 saturated heterocycles. The number of rotatable bonds is 4. The van der Waals surface area contributed by atoms with E-state index in [1.54, 1.807) is 11.3 Å². The fourth-order valence-corrected chi connectivity index (χ4v) is 3.16. The van der Waals surface area contributed by atoms with Gasteiger partial charge >= 0.3 is 5.97 Å². The number of aliphatic carboxylic acids is 1. The fraction of sp³-hybridized carbons (Fsp3) is 0.538. The van der Waals surface area contributed by atoms with Gasteiger partial charge in [-0.15, -0.1) is 0 Å².